The molecule has 27 heavy (non-hydrogen) atoms. The first-order chi connectivity index (χ1) is 12.1. The molecule has 0 atom stereocenters. The van der Waals surface area contributed by atoms with Gasteiger partial charge in [0, 0.05) is 4.88 Å². The Balaban J connectivity index is 0.00000131. The van der Waals surface area contributed by atoms with E-state index in [1.165, 1.54) is 15.7 Å². The summed E-state index contributed by atoms with van der Waals surface area (Å²) in [7, 11) is 0. The van der Waals surface area contributed by atoms with Gasteiger partial charge in [-0.15, -0.1) is 11.3 Å². The number of benzene rings is 1. The van der Waals surface area contributed by atoms with Crippen molar-refractivity contribution in [2.24, 2.45) is 5.92 Å². The molecule has 4 rings (SSSR count). The normalized spacial score (nSPS) is 10.9. The van der Waals surface area contributed by atoms with Crippen LogP contribution in [-0.2, 0) is 13.0 Å². The van der Waals surface area contributed by atoms with Gasteiger partial charge in [0.2, 0.25) is 0 Å². The molecule has 6 heteroatoms. The zero-order valence-electron chi connectivity index (χ0n) is 14.3. The third-order valence-electron chi connectivity index (χ3n) is 4.36. The van der Waals surface area contributed by atoms with Gasteiger partial charge in [-0.1, -0.05) is 59.0 Å². The monoisotopic (exact) mass is 384 g/mol. The second-order valence-electron chi connectivity index (χ2n) is 6.71. The molecular formula is C21H28N4OS. The second-order valence-corrected chi connectivity index (χ2v) is 7.83. The molecule has 0 aliphatic rings. The predicted molar refractivity (Wildman–Crippen MR) is 115 cm³/mol. The first kappa shape index (κ1) is 20.8. The average Bonchev–Trinajstić information content (AvgIpc) is 3.24. The highest BCUT2D eigenvalue weighted by Gasteiger charge is 2.16. The molecule has 144 valence electrons. The Morgan fingerprint density at radius 3 is 2.59 bits per heavy atom. The lowest BCUT2D eigenvalue weighted by Gasteiger charge is -2.08. The number of aryl methyl sites for hydroxylation is 1. The summed E-state index contributed by atoms with van der Waals surface area (Å²) in [5, 5.41) is 5.14. The van der Waals surface area contributed by atoms with Crippen LogP contribution in [0.4, 0.5) is 0 Å². The molecule has 0 aliphatic carbocycles. The summed E-state index contributed by atoms with van der Waals surface area (Å²) in [6.07, 6.45) is 3.62. The molecule has 0 bridgehead atoms. The van der Waals surface area contributed by atoms with Gasteiger partial charge in [-0.2, -0.15) is 9.61 Å². The molecule has 1 aromatic carbocycles. The minimum absolute atomic E-state index is 0. The van der Waals surface area contributed by atoms with E-state index in [2.05, 4.69) is 30.0 Å². The van der Waals surface area contributed by atoms with E-state index in [1.54, 1.807) is 11.3 Å². The smallest absolute Gasteiger partial charge is 0.278 e. The van der Waals surface area contributed by atoms with Gasteiger partial charge in [0.1, 0.15) is 11.2 Å². The lowest BCUT2D eigenvalue weighted by atomic mass is 10.1. The van der Waals surface area contributed by atoms with E-state index in [-0.39, 0.29) is 20.5 Å². The van der Waals surface area contributed by atoms with E-state index in [0.717, 1.165) is 28.6 Å². The Labute approximate surface area is 164 Å². The number of rotatable bonds is 5. The molecule has 4 aromatic rings. The third-order valence-corrected chi connectivity index (χ3v) is 5.58. The van der Waals surface area contributed by atoms with Crippen molar-refractivity contribution in [1.82, 2.24) is 19.2 Å². The number of hydrogen-bond donors (Lipinski definition) is 0. The third kappa shape index (κ3) is 3.95. The number of fused-ring (bicyclic) bond motifs is 3. The summed E-state index contributed by atoms with van der Waals surface area (Å²) >= 11 is 1.70. The predicted octanol–water partition coefficient (Wildman–Crippen LogP) is 5.01. The number of aromatic nitrogens is 4. The summed E-state index contributed by atoms with van der Waals surface area (Å²) in [5.41, 5.74) is 1.61. The van der Waals surface area contributed by atoms with Crippen molar-refractivity contribution >= 4 is 27.2 Å². The number of nitrogens with zero attached hydrogens (tertiary/aromatic N) is 4. The number of thiophene rings is 1. The van der Waals surface area contributed by atoms with Crippen LogP contribution in [0.15, 0.2) is 47.5 Å². The van der Waals surface area contributed by atoms with Crippen LogP contribution in [0.5, 0.6) is 0 Å². The van der Waals surface area contributed by atoms with Crippen molar-refractivity contribution in [2.75, 3.05) is 0 Å². The van der Waals surface area contributed by atoms with Crippen LogP contribution in [0.2, 0.25) is 0 Å². The lowest BCUT2D eigenvalue weighted by molar-refractivity contribution is 0.590. The van der Waals surface area contributed by atoms with Gasteiger partial charge in [-0.25, -0.2) is 9.78 Å². The maximum Gasteiger partial charge on any atom is 0.352 e. The van der Waals surface area contributed by atoms with Gasteiger partial charge in [-0.05, 0) is 30.4 Å². The molecular weight excluding hydrogens is 356 g/mol. The highest BCUT2D eigenvalue weighted by molar-refractivity contribution is 7.18. The summed E-state index contributed by atoms with van der Waals surface area (Å²) < 4.78 is 3.22. The Morgan fingerprint density at radius 2 is 1.89 bits per heavy atom. The van der Waals surface area contributed by atoms with Crippen LogP contribution < -0.4 is 5.69 Å². The summed E-state index contributed by atoms with van der Waals surface area (Å²) in [6.45, 7) is 5.00. The lowest BCUT2D eigenvalue weighted by Crippen LogP contribution is -2.27. The summed E-state index contributed by atoms with van der Waals surface area (Å²) in [6, 6.07) is 12.2. The maximum absolute atomic E-state index is 12.9. The second kappa shape index (κ2) is 8.48. The molecule has 0 amide bonds. The van der Waals surface area contributed by atoms with Gasteiger partial charge in [0.05, 0.1) is 11.9 Å². The van der Waals surface area contributed by atoms with E-state index in [9.17, 15) is 4.79 Å². The van der Waals surface area contributed by atoms with Gasteiger partial charge in [0.15, 0.2) is 5.65 Å². The minimum Gasteiger partial charge on any atom is -0.278 e. The van der Waals surface area contributed by atoms with Gasteiger partial charge < -0.3 is 0 Å². The fraction of sp³-hybridized carbons (Fsp3) is 0.381. The van der Waals surface area contributed by atoms with E-state index >= 15 is 0 Å². The molecule has 0 N–H and O–H groups in total. The van der Waals surface area contributed by atoms with Gasteiger partial charge in [-0.3, -0.25) is 4.57 Å². The molecule has 3 aromatic heterocycles. The number of hydrogen-bond acceptors (Lipinski definition) is 4. The standard InChI is InChI=1S/C19H20N4OS.2CH4/c1-13(2)8-9-15-10-16-17-20-12-21-23(17)19(24)22(18(16)25-15)11-14-6-4-3-5-7-14;;/h3-7,10,12-13H,8-9,11H2,1-2H3;2*1H4. The highest BCUT2D eigenvalue weighted by atomic mass is 32.1. The van der Waals surface area contributed by atoms with Crippen LogP contribution in [0.25, 0.3) is 15.9 Å². The highest BCUT2D eigenvalue weighted by Crippen LogP contribution is 2.29. The largest absolute Gasteiger partial charge is 0.352 e. The first-order valence-corrected chi connectivity index (χ1v) is 9.34. The van der Waals surface area contributed by atoms with E-state index in [0.29, 0.717) is 18.1 Å². The van der Waals surface area contributed by atoms with E-state index in [1.807, 2.05) is 34.9 Å². The molecule has 3 heterocycles. The van der Waals surface area contributed by atoms with Crippen LogP contribution in [0.3, 0.4) is 0 Å². The van der Waals surface area contributed by atoms with Crippen molar-refractivity contribution in [1.29, 1.82) is 0 Å². The molecule has 0 fully saturated rings. The average molecular weight is 385 g/mol. The molecule has 0 saturated carbocycles. The van der Waals surface area contributed by atoms with Gasteiger partial charge >= 0.3 is 5.69 Å². The maximum atomic E-state index is 12.9. The molecule has 0 saturated heterocycles. The minimum atomic E-state index is -0.138. The zero-order valence-corrected chi connectivity index (χ0v) is 15.2. The van der Waals surface area contributed by atoms with E-state index < -0.39 is 0 Å². The Morgan fingerprint density at radius 1 is 1.15 bits per heavy atom. The zero-order chi connectivity index (χ0) is 17.4. The fourth-order valence-electron chi connectivity index (χ4n) is 3.02. The Kier molecular flexibility index (Phi) is 6.54. The van der Waals surface area contributed by atoms with Gasteiger partial charge in [0.25, 0.3) is 0 Å². The van der Waals surface area contributed by atoms with Crippen LogP contribution in [-0.4, -0.2) is 19.2 Å². The fourth-order valence-corrected chi connectivity index (χ4v) is 4.18. The Hall–Kier alpha value is -2.47. The van der Waals surface area contributed by atoms with Crippen LogP contribution >= 0.6 is 11.3 Å². The van der Waals surface area contributed by atoms with Crippen molar-refractivity contribution < 1.29 is 0 Å². The first-order valence-electron chi connectivity index (χ1n) is 8.52. The molecule has 0 aliphatic heterocycles. The topological polar surface area (TPSA) is 52.2 Å². The van der Waals surface area contributed by atoms with Crippen molar-refractivity contribution in [3.8, 4) is 0 Å². The summed E-state index contributed by atoms with van der Waals surface area (Å²) in [5.74, 6) is 0.657. The summed E-state index contributed by atoms with van der Waals surface area (Å²) in [4.78, 5) is 19.5. The molecule has 0 radical (unpaired) electrons. The van der Waals surface area contributed by atoms with Crippen LogP contribution in [0.1, 0.15) is 45.6 Å². The SMILES string of the molecule is C.C.CC(C)CCc1cc2c(s1)n(Cc1ccccc1)c(=O)n1ncnc21. The molecule has 0 unspecified atom stereocenters. The quantitative estimate of drug-likeness (QED) is 0.486. The molecule has 5 nitrogen and oxygen atoms in total. The van der Waals surface area contributed by atoms with Crippen molar-refractivity contribution in [3.05, 3.63) is 63.7 Å². The van der Waals surface area contributed by atoms with Crippen LogP contribution in [0, 0.1) is 5.92 Å². The van der Waals surface area contributed by atoms with Crippen molar-refractivity contribution in [2.45, 2.75) is 48.1 Å². The molecule has 0 spiro atoms. The Bertz CT molecular complexity index is 1080. The van der Waals surface area contributed by atoms with Crippen molar-refractivity contribution in [3.63, 3.8) is 0 Å². The van der Waals surface area contributed by atoms with E-state index in [4.69, 9.17) is 0 Å².